The van der Waals surface area contributed by atoms with Crippen molar-refractivity contribution in [3.05, 3.63) is 60.2 Å². The van der Waals surface area contributed by atoms with Crippen LogP contribution in [0.1, 0.15) is 5.56 Å². The van der Waals surface area contributed by atoms with Gasteiger partial charge in [0.15, 0.2) is 9.84 Å². The van der Waals surface area contributed by atoms with Crippen LogP contribution < -0.4 is 15.4 Å². The van der Waals surface area contributed by atoms with Gasteiger partial charge in [-0.05, 0) is 24.3 Å². The van der Waals surface area contributed by atoms with E-state index in [2.05, 4.69) is 22.8 Å². The summed E-state index contributed by atoms with van der Waals surface area (Å²) < 4.78 is 29.3. The summed E-state index contributed by atoms with van der Waals surface area (Å²) in [6.07, 6.45) is 0. The number of ether oxygens (including phenoxy) is 1. The molecule has 0 spiro atoms. The van der Waals surface area contributed by atoms with Gasteiger partial charge in [-0.3, -0.25) is 0 Å². The Hall–Kier alpha value is -2.05. The average molecular weight is 347 g/mol. The molecule has 128 valence electrons. The Morgan fingerprint density at radius 1 is 1.08 bits per heavy atom. The molecule has 0 aromatic heterocycles. The first kappa shape index (κ1) is 16.8. The van der Waals surface area contributed by atoms with Crippen molar-refractivity contribution in [1.29, 1.82) is 0 Å². The molecule has 0 unspecified atom stereocenters. The molecule has 0 amide bonds. The standard InChI is InChI=1S/C18H22N2O3S/c1-23-16-9-7-15(8-10-16)20-18-13-24(21,22)12-17(18)19-11-14-5-3-2-4-6-14/h2-10,17-20H,11-13H2,1H3/p+1/t17-,18-/m0/s1. The quantitative estimate of drug-likeness (QED) is 0.819. The Bertz CT molecular complexity index is 761. The number of anilines is 1. The average Bonchev–Trinajstić information content (AvgIpc) is 2.88. The molecule has 0 radical (unpaired) electrons. The molecule has 1 heterocycles. The van der Waals surface area contributed by atoms with Crippen LogP contribution in [0.2, 0.25) is 0 Å². The highest BCUT2D eigenvalue weighted by molar-refractivity contribution is 7.91. The predicted octanol–water partition coefficient (Wildman–Crippen LogP) is 1.04. The van der Waals surface area contributed by atoms with Gasteiger partial charge in [-0.2, -0.15) is 0 Å². The van der Waals surface area contributed by atoms with Crippen LogP contribution in [-0.4, -0.2) is 39.1 Å². The van der Waals surface area contributed by atoms with Crippen LogP contribution in [0, 0.1) is 0 Å². The molecule has 1 aliphatic rings. The minimum atomic E-state index is -3.00. The van der Waals surface area contributed by atoms with Gasteiger partial charge < -0.3 is 15.4 Å². The molecule has 1 aliphatic heterocycles. The predicted molar refractivity (Wildman–Crippen MR) is 94.9 cm³/mol. The first-order valence-electron chi connectivity index (χ1n) is 8.04. The number of rotatable bonds is 6. The van der Waals surface area contributed by atoms with E-state index < -0.39 is 9.84 Å². The highest BCUT2D eigenvalue weighted by Gasteiger charge is 2.40. The molecule has 5 nitrogen and oxygen atoms in total. The maximum Gasteiger partial charge on any atom is 0.158 e. The number of methoxy groups -OCH3 is 1. The second kappa shape index (κ2) is 7.23. The molecule has 1 fully saturated rings. The molecule has 2 atom stereocenters. The molecule has 0 bridgehead atoms. The van der Waals surface area contributed by atoms with Gasteiger partial charge in [0.2, 0.25) is 0 Å². The van der Waals surface area contributed by atoms with E-state index in [1.165, 1.54) is 5.56 Å². The molecule has 6 heteroatoms. The van der Waals surface area contributed by atoms with Crippen molar-refractivity contribution in [2.45, 2.75) is 18.6 Å². The Labute approximate surface area is 143 Å². The molecular weight excluding hydrogens is 324 g/mol. The number of hydrogen-bond acceptors (Lipinski definition) is 4. The fourth-order valence-electron chi connectivity index (χ4n) is 3.06. The Morgan fingerprint density at radius 2 is 1.79 bits per heavy atom. The first-order chi connectivity index (χ1) is 11.6. The van der Waals surface area contributed by atoms with Gasteiger partial charge in [0.25, 0.3) is 0 Å². The van der Waals surface area contributed by atoms with Crippen molar-refractivity contribution in [3.63, 3.8) is 0 Å². The Balaban J connectivity index is 1.66. The lowest BCUT2D eigenvalue weighted by Crippen LogP contribution is -2.91. The van der Waals surface area contributed by atoms with Crippen LogP contribution in [0.15, 0.2) is 54.6 Å². The summed E-state index contributed by atoms with van der Waals surface area (Å²) in [4.78, 5) is 0. The summed E-state index contributed by atoms with van der Waals surface area (Å²) in [6.45, 7) is 0.780. The van der Waals surface area contributed by atoms with E-state index in [0.717, 1.165) is 18.0 Å². The normalized spacial score (nSPS) is 22.2. The van der Waals surface area contributed by atoms with Crippen molar-refractivity contribution in [1.82, 2.24) is 0 Å². The van der Waals surface area contributed by atoms with Crippen LogP contribution >= 0.6 is 0 Å². The van der Waals surface area contributed by atoms with Gasteiger partial charge in [0.05, 0.1) is 18.9 Å². The van der Waals surface area contributed by atoms with E-state index in [1.807, 2.05) is 42.5 Å². The third-order valence-corrected chi connectivity index (χ3v) is 6.10. The number of hydrogen-bond donors (Lipinski definition) is 2. The second-order valence-corrected chi connectivity index (χ2v) is 8.30. The van der Waals surface area contributed by atoms with E-state index in [-0.39, 0.29) is 23.6 Å². The molecule has 0 aliphatic carbocycles. The van der Waals surface area contributed by atoms with Gasteiger partial charge in [-0.25, -0.2) is 8.42 Å². The van der Waals surface area contributed by atoms with Crippen molar-refractivity contribution >= 4 is 15.5 Å². The number of nitrogens with two attached hydrogens (primary N) is 1. The largest absolute Gasteiger partial charge is 0.497 e. The van der Waals surface area contributed by atoms with Gasteiger partial charge in [0.1, 0.15) is 24.1 Å². The smallest absolute Gasteiger partial charge is 0.158 e. The second-order valence-electron chi connectivity index (χ2n) is 6.15. The monoisotopic (exact) mass is 347 g/mol. The molecule has 3 rings (SSSR count). The number of nitrogens with one attached hydrogen (secondary N) is 1. The first-order valence-corrected chi connectivity index (χ1v) is 9.86. The van der Waals surface area contributed by atoms with E-state index in [9.17, 15) is 8.42 Å². The summed E-state index contributed by atoms with van der Waals surface area (Å²) in [5, 5.41) is 5.49. The van der Waals surface area contributed by atoms with Gasteiger partial charge in [-0.15, -0.1) is 0 Å². The third kappa shape index (κ3) is 4.27. The van der Waals surface area contributed by atoms with E-state index in [0.29, 0.717) is 0 Å². The lowest BCUT2D eigenvalue weighted by atomic mass is 10.1. The van der Waals surface area contributed by atoms with Gasteiger partial charge >= 0.3 is 0 Å². The highest BCUT2D eigenvalue weighted by atomic mass is 32.2. The number of benzene rings is 2. The molecule has 2 aromatic carbocycles. The topological polar surface area (TPSA) is 72.0 Å². The molecule has 0 saturated carbocycles. The van der Waals surface area contributed by atoms with E-state index in [4.69, 9.17) is 4.74 Å². The summed E-state index contributed by atoms with van der Waals surface area (Å²) in [6, 6.07) is 17.6. The van der Waals surface area contributed by atoms with E-state index in [1.54, 1.807) is 7.11 Å². The fraction of sp³-hybridized carbons (Fsp3) is 0.333. The van der Waals surface area contributed by atoms with Crippen molar-refractivity contribution < 1.29 is 18.5 Å². The van der Waals surface area contributed by atoms with Crippen molar-refractivity contribution in [3.8, 4) is 5.75 Å². The van der Waals surface area contributed by atoms with E-state index >= 15 is 0 Å². The minimum Gasteiger partial charge on any atom is -0.497 e. The third-order valence-electron chi connectivity index (χ3n) is 4.34. The van der Waals surface area contributed by atoms with Crippen molar-refractivity contribution in [2.24, 2.45) is 0 Å². The summed E-state index contributed by atoms with van der Waals surface area (Å²) in [7, 11) is -1.37. The van der Waals surface area contributed by atoms with Crippen LogP contribution in [0.3, 0.4) is 0 Å². The number of quaternary nitrogens is 1. The maximum absolute atomic E-state index is 12.1. The zero-order valence-electron chi connectivity index (χ0n) is 13.7. The van der Waals surface area contributed by atoms with Crippen LogP contribution in [0.5, 0.6) is 5.75 Å². The van der Waals surface area contributed by atoms with Crippen LogP contribution in [0.25, 0.3) is 0 Å². The lowest BCUT2D eigenvalue weighted by Gasteiger charge is -2.19. The SMILES string of the molecule is COc1ccc(N[C@H]2CS(=O)(=O)C[C@@H]2[NH2+]Cc2ccccc2)cc1. The maximum atomic E-state index is 12.1. The lowest BCUT2D eigenvalue weighted by molar-refractivity contribution is -0.700. The Morgan fingerprint density at radius 3 is 2.46 bits per heavy atom. The molecule has 24 heavy (non-hydrogen) atoms. The molecular formula is C18H23N2O3S+. The summed E-state index contributed by atoms with van der Waals surface area (Å²) in [5.74, 6) is 1.18. The molecule has 2 aromatic rings. The minimum absolute atomic E-state index is 0.0114. The summed E-state index contributed by atoms with van der Waals surface area (Å²) >= 11 is 0. The fourth-order valence-corrected chi connectivity index (χ4v) is 5.03. The highest BCUT2D eigenvalue weighted by Crippen LogP contribution is 2.19. The zero-order valence-corrected chi connectivity index (χ0v) is 14.5. The molecule has 1 saturated heterocycles. The van der Waals surface area contributed by atoms with Gasteiger partial charge in [-0.1, -0.05) is 30.3 Å². The van der Waals surface area contributed by atoms with Crippen molar-refractivity contribution in [2.75, 3.05) is 23.9 Å². The molecule has 3 N–H and O–H groups in total. The van der Waals surface area contributed by atoms with Gasteiger partial charge in [0, 0.05) is 11.3 Å². The summed E-state index contributed by atoms with van der Waals surface area (Å²) in [5.41, 5.74) is 2.11. The Kier molecular flexibility index (Phi) is 5.06. The van der Waals surface area contributed by atoms with Crippen LogP contribution in [-0.2, 0) is 16.4 Å². The number of sulfone groups is 1. The van der Waals surface area contributed by atoms with Crippen LogP contribution in [0.4, 0.5) is 5.69 Å². The zero-order chi connectivity index (χ0) is 17.0.